The Morgan fingerprint density at radius 2 is 2.05 bits per heavy atom. The third kappa shape index (κ3) is 6.30. The molecule has 1 saturated heterocycles. The Bertz CT molecular complexity index is 1200. The number of hydrogen-bond donors (Lipinski definition) is 1. The number of ether oxygens (including phenoxy) is 1. The van der Waals surface area contributed by atoms with Crippen LogP contribution < -0.4 is 0 Å². The van der Waals surface area contributed by atoms with Crippen molar-refractivity contribution in [2.75, 3.05) is 26.2 Å². The molecule has 3 heterocycles. The van der Waals surface area contributed by atoms with Crippen molar-refractivity contribution in [2.45, 2.75) is 64.5 Å². The zero-order valence-corrected chi connectivity index (χ0v) is 23.6. The summed E-state index contributed by atoms with van der Waals surface area (Å²) in [6.07, 6.45) is 12.7. The van der Waals surface area contributed by atoms with Crippen LogP contribution in [0.3, 0.4) is 0 Å². The molecule has 38 heavy (non-hydrogen) atoms. The third-order valence-electron chi connectivity index (χ3n) is 8.14. The SMILES string of the molecule is CCN(Cc1ccc(Cl)cc1)C1CCN(CC/C=C2\c3cccnc3COC3C=CC(C(C)(C)O)=CC23)C1. The molecule has 0 spiro atoms. The minimum atomic E-state index is -0.890. The first-order valence-electron chi connectivity index (χ1n) is 13.9. The molecular formula is C32H40ClN3O2. The number of likely N-dealkylation sites (N-methyl/N-ethyl adjacent to an activating group) is 1. The van der Waals surface area contributed by atoms with Gasteiger partial charge in [-0.3, -0.25) is 9.88 Å². The van der Waals surface area contributed by atoms with Crippen LogP contribution in [0.1, 0.15) is 50.4 Å². The van der Waals surface area contributed by atoms with Gasteiger partial charge in [-0.05, 0) is 74.7 Å². The largest absolute Gasteiger partial charge is 0.386 e. The van der Waals surface area contributed by atoms with Crippen LogP contribution in [0.4, 0.5) is 0 Å². The number of pyridine rings is 1. The first-order valence-corrected chi connectivity index (χ1v) is 14.3. The molecular weight excluding hydrogens is 494 g/mol. The van der Waals surface area contributed by atoms with E-state index < -0.39 is 5.60 Å². The van der Waals surface area contributed by atoms with Crippen LogP contribution in [-0.2, 0) is 17.9 Å². The van der Waals surface area contributed by atoms with E-state index in [1.165, 1.54) is 23.1 Å². The van der Waals surface area contributed by atoms with Crippen LogP contribution in [0.2, 0.25) is 5.02 Å². The highest BCUT2D eigenvalue weighted by molar-refractivity contribution is 6.30. The maximum Gasteiger partial charge on any atom is 0.0902 e. The second-order valence-corrected chi connectivity index (χ2v) is 11.7. The fraction of sp³-hybridized carbons (Fsp3) is 0.469. The standard InChI is InChI=1S/C32H40ClN3O2/c1-4-36(20-23-9-12-25(33)13-10-23)26-15-18-35(21-26)17-6-8-27-28-7-5-16-34-30(28)22-38-31-14-11-24(19-29(27)31)32(2,3)37/h5,7-14,16,19,26,29,31,37H,4,6,15,17-18,20-22H2,1-3H3/b27-8+. The molecule has 0 bridgehead atoms. The Morgan fingerprint density at radius 3 is 2.82 bits per heavy atom. The highest BCUT2D eigenvalue weighted by Gasteiger charge is 2.33. The highest BCUT2D eigenvalue weighted by Crippen LogP contribution is 2.39. The zero-order valence-electron chi connectivity index (χ0n) is 22.8. The van der Waals surface area contributed by atoms with E-state index in [1.54, 1.807) is 0 Å². The number of hydrogen-bond acceptors (Lipinski definition) is 5. The lowest BCUT2D eigenvalue weighted by Crippen LogP contribution is -2.37. The van der Waals surface area contributed by atoms with E-state index in [4.69, 9.17) is 16.3 Å². The molecule has 1 aromatic carbocycles. The number of halogens is 1. The molecule has 2 aromatic rings. The van der Waals surface area contributed by atoms with Crippen molar-refractivity contribution >= 4 is 17.2 Å². The first kappa shape index (κ1) is 27.3. The Labute approximate surface area is 232 Å². The van der Waals surface area contributed by atoms with E-state index in [-0.39, 0.29) is 12.0 Å². The predicted molar refractivity (Wildman–Crippen MR) is 155 cm³/mol. The maximum absolute atomic E-state index is 10.7. The summed E-state index contributed by atoms with van der Waals surface area (Å²) in [6.45, 7) is 11.7. The Morgan fingerprint density at radius 1 is 1.24 bits per heavy atom. The van der Waals surface area contributed by atoms with Gasteiger partial charge < -0.3 is 14.7 Å². The van der Waals surface area contributed by atoms with E-state index in [2.05, 4.69) is 58.1 Å². The monoisotopic (exact) mass is 533 g/mol. The summed E-state index contributed by atoms with van der Waals surface area (Å²) in [5.74, 6) is 0.0631. The Kier molecular flexibility index (Phi) is 8.51. The van der Waals surface area contributed by atoms with Crippen LogP contribution in [0.5, 0.6) is 0 Å². The molecule has 0 radical (unpaired) electrons. The summed E-state index contributed by atoms with van der Waals surface area (Å²) in [4.78, 5) is 9.82. The van der Waals surface area contributed by atoms with Gasteiger partial charge in [0.2, 0.25) is 0 Å². The van der Waals surface area contributed by atoms with Crippen molar-refractivity contribution in [1.29, 1.82) is 0 Å². The average molecular weight is 534 g/mol. The van der Waals surface area contributed by atoms with Crippen LogP contribution in [-0.4, -0.2) is 63.8 Å². The summed E-state index contributed by atoms with van der Waals surface area (Å²) < 4.78 is 6.27. The lowest BCUT2D eigenvalue weighted by molar-refractivity contribution is 0.0570. The molecule has 5 nitrogen and oxygen atoms in total. The molecule has 1 aromatic heterocycles. The van der Waals surface area contributed by atoms with Crippen molar-refractivity contribution in [1.82, 2.24) is 14.8 Å². The summed E-state index contributed by atoms with van der Waals surface area (Å²) in [5.41, 5.74) is 4.77. The topological polar surface area (TPSA) is 48.8 Å². The van der Waals surface area contributed by atoms with Crippen molar-refractivity contribution in [3.05, 3.63) is 94.3 Å². The van der Waals surface area contributed by atoms with E-state index >= 15 is 0 Å². The molecule has 6 heteroatoms. The molecule has 202 valence electrons. The quantitative estimate of drug-likeness (QED) is 0.458. The predicted octanol–water partition coefficient (Wildman–Crippen LogP) is 5.89. The fourth-order valence-electron chi connectivity index (χ4n) is 5.95. The summed E-state index contributed by atoms with van der Waals surface area (Å²) >= 11 is 6.08. The van der Waals surface area contributed by atoms with Gasteiger partial charge in [0.25, 0.3) is 0 Å². The summed E-state index contributed by atoms with van der Waals surface area (Å²) in [5, 5.41) is 11.5. The van der Waals surface area contributed by atoms with Crippen molar-refractivity contribution in [3.63, 3.8) is 0 Å². The van der Waals surface area contributed by atoms with E-state index in [0.717, 1.165) is 55.4 Å². The molecule has 1 fully saturated rings. The maximum atomic E-state index is 10.7. The van der Waals surface area contributed by atoms with Gasteiger partial charge in [0.1, 0.15) is 0 Å². The normalized spacial score (nSPS) is 24.8. The number of fused-ring (bicyclic) bond motifs is 2. The molecule has 0 saturated carbocycles. The third-order valence-corrected chi connectivity index (χ3v) is 8.39. The van der Waals surface area contributed by atoms with Gasteiger partial charge >= 0.3 is 0 Å². The van der Waals surface area contributed by atoms with E-state index in [9.17, 15) is 5.11 Å². The van der Waals surface area contributed by atoms with Crippen molar-refractivity contribution in [2.24, 2.45) is 5.92 Å². The summed E-state index contributed by atoms with van der Waals surface area (Å²) in [7, 11) is 0. The highest BCUT2D eigenvalue weighted by atomic mass is 35.5. The second-order valence-electron chi connectivity index (χ2n) is 11.2. The molecule has 3 atom stereocenters. The van der Waals surface area contributed by atoms with Crippen LogP contribution in [0.15, 0.2) is 72.5 Å². The van der Waals surface area contributed by atoms with Crippen LogP contribution >= 0.6 is 11.6 Å². The molecule has 2 aliphatic heterocycles. The number of aromatic nitrogens is 1. The van der Waals surface area contributed by atoms with E-state index in [1.807, 2.05) is 44.3 Å². The van der Waals surface area contributed by atoms with Gasteiger partial charge in [-0.2, -0.15) is 0 Å². The van der Waals surface area contributed by atoms with Gasteiger partial charge in [-0.15, -0.1) is 0 Å². The second kappa shape index (κ2) is 11.8. The number of aliphatic hydroxyl groups is 1. The van der Waals surface area contributed by atoms with Crippen LogP contribution in [0, 0.1) is 5.92 Å². The number of rotatable bonds is 8. The molecule has 1 N–H and O–H groups in total. The molecule has 3 aliphatic rings. The smallest absolute Gasteiger partial charge is 0.0902 e. The van der Waals surface area contributed by atoms with Crippen LogP contribution in [0.25, 0.3) is 5.57 Å². The number of likely N-dealkylation sites (tertiary alicyclic amines) is 1. The average Bonchev–Trinajstić information content (AvgIpc) is 3.32. The lowest BCUT2D eigenvalue weighted by Gasteiger charge is -2.30. The zero-order chi connectivity index (χ0) is 26.7. The first-order chi connectivity index (χ1) is 18.3. The molecule has 5 rings (SSSR count). The van der Waals surface area contributed by atoms with Gasteiger partial charge in [0, 0.05) is 48.4 Å². The number of benzene rings is 1. The van der Waals surface area contributed by atoms with Gasteiger partial charge in [-0.1, -0.05) is 61.0 Å². The van der Waals surface area contributed by atoms with Gasteiger partial charge in [0.15, 0.2) is 0 Å². The minimum Gasteiger partial charge on any atom is -0.386 e. The van der Waals surface area contributed by atoms with Crippen molar-refractivity contribution in [3.8, 4) is 0 Å². The Hall–Kier alpha value is -2.28. The minimum absolute atomic E-state index is 0.0521. The van der Waals surface area contributed by atoms with Gasteiger partial charge in [-0.25, -0.2) is 0 Å². The lowest BCUT2D eigenvalue weighted by atomic mass is 9.80. The molecule has 3 unspecified atom stereocenters. The van der Waals surface area contributed by atoms with Crippen molar-refractivity contribution < 1.29 is 9.84 Å². The number of nitrogens with zero attached hydrogens (tertiary/aromatic N) is 3. The fourth-order valence-corrected chi connectivity index (χ4v) is 6.08. The summed E-state index contributed by atoms with van der Waals surface area (Å²) in [6, 6.07) is 13.0. The molecule has 1 aliphatic carbocycles. The molecule has 0 amide bonds. The van der Waals surface area contributed by atoms with Gasteiger partial charge in [0.05, 0.1) is 24.0 Å². The Balaban J connectivity index is 1.28. The van der Waals surface area contributed by atoms with E-state index in [0.29, 0.717) is 12.6 Å².